The molecular weight excluding hydrogens is 142 g/mol. The van der Waals surface area contributed by atoms with E-state index < -0.39 is 5.97 Å². The second-order valence-corrected chi connectivity index (χ2v) is 2.36. The first-order chi connectivity index (χ1) is 5.07. The number of hydrogen-bond donors (Lipinski definition) is 1. The van der Waals surface area contributed by atoms with Crippen LogP contribution in [0.25, 0.3) is 0 Å². The molecule has 0 saturated heterocycles. The van der Waals surface area contributed by atoms with E-state index in [0.717, 1.165) is 5.57 Å². The Bertz CT molecular complexity index is 200. The molecule has 0 radical (unpaired) electrons. The predicted octanol–water partition coefficient (Wildman–Crippen LogP) is 0.968. The lowest BCUT2D eigenvalue weighted by molar-refractivity contribution is -0.136. The topological polar surface area (TPSA) is 52.3 Å². The molecule has 0 unspecified atom stereocenters. The number of nitrogens with two attached hydrogens (primary N) is 1. The number of carbonyl (C=O) groups is 1. The third-order valence-corrected chi connectivity index (χ3v) is 1.02. The van der Waals surface area contributed by atoms with Crippen molar-refractivity contribution in [1.82, 2.24) is 0 Å². The summed E-state index contributed by atoms with van der Waals surface area (Å²) < 4.78 is 4.38. The fourth-order valence-corrected chi connectivity index (χ4v) is 0.442. The predicted molar refractivity (Wildman–Crippen MR) is 43.7 cm³/mol. The Morgan fingerprint density at radius 1 is 1.36 bits per heavy atom. The second kappa shape index (κ2) is 4.55. The third kappa shape index (κ3) is 4.19. The Morgan fingerprint density at radius 3 is 2.27 bits per heavy atom. The van der Waals surface area contributed by atoms with Gasteiger partial charge in [-0.2, -0.15) is 0 Å². The summed E-state index contributed by atoms with van der Waals surface area (Å²) in [4.78, 5) is 10.7. The minimum atomic E-state index is -0.498. The van der Waals surface area contributed by atoms with E-state index in [-0.39, 0.29) is 5.70 Å². The minimum Gasteiger partial charge on any atom is -0.464 e. The smallest absolute Gasteiger partial charge is 0.353 e. The number of carbonyl (C=O) groups excluding carboxylic acids is 1. The molecule has 3 heteroatoms. The minimum absolute atomic E-state index is 0.119. The van der Waals surface area contributed by atoms with Gasteiger partial charge in [0.15, 0.2) is 0 Å². The maximum absolute atomic E-state index is 10.7. The van der Waals surface area contributed by atoms with Crippen molar-refractivity contribution in [2.24, 2.45) is 5.73 Å². The molecular formula is C8H13NO2. The Kier molecular flexibility index (Phi) is 4.03. The summed E-state index contributed by atoms with van der Waals surface area (Å²) in [6.45, 7) is 3.84. The van der Waals surface area contributed by atoms with E-state index >= 15 is 0 Å². The number of hydrogen-bond acceptors (Lipinski definition) is 3. The molecule has 0 aromatic carbocycles. The van der Waals surface area contributed by atoms with Crippen LogP contribution < -0.4 is 5.73 Å². The summed E-state index contributed by atoms with van der Waals surface area (Å²) in [6.07, 6.45) is 3.29. The van der Waals surface area contributed by atoms with Gasteiger partial charge in [-0.05, 0) is 19.9 Å². The van der Waals surface area contributed by atoms with E-state index in [9.17, 15) is 4.79 Å². The normalized spacial score (nSPS) is 10.6. The molecule has 0 aliphatic carbocycles. The third-order valence-electron chi connectivity index (χ3n) is 1.02. The molecule has 62 valence electrons. The molecule has 0 heterocycles. The lowest BCUT2D eigenvalue weighted by Gasteiger charge is -1.95. The van der Waals surface area contributed by atoms with Crippen molar-refractivity contribution in [2.45, 2.75) is 13.8 Å². The molecule has 0 bridgehead atoms. The van der Waals surface area contributed by atoms with Crippen LogP contribution in [0.2, 0.25) is 0 Å². The van der Waals surface area contributed by atoms with Gasteiger partial charge in [0.05, 0.1) is 7.11 Å². The van der Waals surface area contributed by atoms with Crippen LogP contribution in [-0.4, -0.2) is 13.1 Å². The SMILES string of the molecule is COC(=O)/C(N)=C/C=C(C)C. The van der Waals surface area contributed by atoms with E-state index in [4.69, 9.17) is 5.73 Å². The standard InChI is InChI=1S/C8H13NO2/c1-6(2)4-5-7(9)8(10)11-3/h4-5H,9H2,1-3H3/b7-5-. The zero-order valence-electron chi connectivity index (χ0n) is 7.05. The number of esters is 1. The van der Waals surface area contributed by atoms with Crippen LogP contribution >= 0.6 is 0 Å². The first-order valence-electron chi connectivity index (χ1n) is 3.27. The van der Waals surface area contributed by atoms with E-state index in [1.165, 1.54) is 13.2 Å². The number of allylic oxidation sites excluding steroid dienone is 3. The van der Waals surface area contributed by atoms with Gasteiger partial charge in [-0.25, -0.2) is 4.79 Å². The van der Waals surface area contributed by atoms with Crippen molar-refractivity contribution >= 4 is 5.97 Å². The zero-order chi connectivity index (χ0) is 8.85. The lowest BCUT2D eigenvalue weighted by atomic mass is 10.3. The van der Waals surface area contributed by atoms with Crippen LogP contribution in [-0.2, 0) is 9.53 Å². The summed E-state index contributed by atoms with van der Waals surface area (Å²) in [7, 11) is 1.30. The Labute approximate surface area is 66.5 Å². The molecule has 0 aliphatic heterocycles. The molecule has 0 aliphatic rings. The van der Waals surface area contributed by atoms with Crippen molar-refractivity contribution < 1.29 is 9.53 Å². The molecule has 3 nitrogen and oxygen atoms in total. The molecule has 0 rings (SSSR count). The molecule has 0 fully saturated rings. The Morgan fingerprint density at radius 2 is 1.91 bits per heavy atom. The molecule has 0 aromatic rings. The summed E-state index contributed by atoms with van der Waals surface area (Å²) in [5.41, 5.74) is 6.52. The Balaban J connectivity index is 4.23. The molecule has 11 heavy (non-hydrogen) atoms. The molecule has 2 N–H and O–H groups in total. The van der Waals surface area contributed by atoms with Crippen molar-refractivity contribution in [2.75, 3.05) is 7.11 Å². The number of rotatable bonds is 2. The van der Waals surface area contributed by atoms with Crippen LogP contribution in [0.1, 0.15) is 13.8 Å². The van der Waals surface area contributed by atoms with Gasteiger partial charge < -0.3 is 10.5 Å². The van der Waals surface area contributed by atoms with E-state index in [0.29, 0.717) is 0 Å². The molecule has 0 atom stereocenters. The van der Waals surface area contributed by atoms with Crippen molar-refractivity contribution in [3.05, 3.63) is 23.4 Å². The van der Waals surface area contributed by atoms with E-state index in [2.05, 4.69) is 4.74 Å². The summed E-state index contributed by atoms with van der Waals surface area (Å²) in [6, 6.07) is 0. The van der Waals surface area contributed by atoms with E-state index in [1.54, 1.807) is 6.08 Å². The van der Waals surface area contributed by atoms with Gasteiger partial charge in [0, 0.05) is 0 Å². The van der Waals surface area contributed by atoms with Crippen molar-refractivity contribution in [3.8, 4) is 0 Å². The van der Waals surface area contributed by atoms with Gasteiger partial charge in [0.2, 0.25) is 0 Å². The van der Waals surface area contributed by atoms with Crippen LogP contribution in [0.3, 0.4) is 0 Å². The lowest BCUT2D eigenvalue weighted by Crippen LogP contribution is -2.12. The molecule has 0 aromatic heterocycles. The largest absolute Gasteiger partial charge is 0.464 e. The van der Waals surface area contributed by atoms with Crippen LogP contribution in [0.4, 0.5) is 0 Å². The van der Waals surface area contributed by atoms with Crippen molar-refractivity contribution in [1.29, 1.82) is 0 Å². The monoisotopic (exact) mass is 155 g/mol. The van der Waals surface area contributed by atoms with Gasteiger partial charge in [0.1, 0.15) is 5.70 Å². The van der Waals surface area contributed by atoms with Gasteiger partial charge in [-0.15, -0.1) is 0 Å². The van der Waals surface area contributed by atoms with Crippen LogP contribution in [0, 0.1) is 0 Å². The first-order valence-corrected chi connectivity index (χ1v) is 3.27. The van der Waals surface area contributed by atoms with Crippen LogP contribution in [0.15, 0.2) is 23.4 Å². The second-order valence-electron chi connectivity index (χ2n) is 2.36. The zero-order valence-corrected chi connectivity index (χ0v) is 7.05. The molecule has 0 amide bonds. The fourth-order valence-electron chi connectivity index (χ4n) is 0.442. The fraction of sp³-hybridized carbons (Fsp3) is 0.375. The van der Waals surface area contributed by atoms with Gasteiger partial charge in [-0.1, -0.05) is 11.6 Å². The van der Waals surface area contributed by atoms with E-state index in [1.807, 2.05) is 13.8 Å². The highest BCUT2D eigenvalue weighted by molar-refractivity contribution is 5.87. The number of ether oxygens (including phenoxy) is 1. The summed E-state index contributed by atoms with van der Waals surface area (Å²) >= 11 is 0. The average molecular weight is 155 g/mol. The number of methoxy groups -OCH3 is 1. The maximum atomic E-state index is 10.7. The summed E-state index contributed by atoms with van der Waals surface area (Å²) in [5.74, 6) is -0.498. The average Bonchev–Trinajstić information content (AvgIpc) is 1.98. The highest BCUT2D eigenvalue weighted by atomic mass is 16.5. The van der Waals surface area contributed by atoms with Crippen LogP contribution in [0.5, 0.6) is 0 Å². The maximum Gasteiger partial charge on any atom is 0.353 e. The van der Waals surface area contributed by atoms with Gasteiger partial charge in [0.25, 0.3) is 0 Å². The Hall–Kier alpha value is -1.25. The molecule has 0 spiro atoms. The highest BCUT2D eigenvalue weighted by Gasteiger charge is 2.00. The van der Waals surface area contributed by atoms with Crippen molar-refractivity contribution in [3.63, 3.8) is 0 Å². The van der Waals surface area contributed by atoms with Gasteiger partial charge in [-0.3, -0.25) is 0 Å². The van der Waals surface area contributed by atoms with Gasteiger partial charge >= 0.3 is 5.97 Å². The first kappa shape index (κ1) is 9.75. The summed E-state index contributed by atoms with van der Waals surface area (Å²) in [5, 5.41) is 0. The quantitative estimate of drug-likeness (QED) is 0.367. The highest BCUT2D eigenvalue weighted by Crippen LogP contribution is 1.93. The molecule has 0 saturated carbocycles.